The number of halogens is 1. The monoisotopic (exact) mass is 497 g/mol. The number of hydrogen-bond donors (Lipinski definition) is 3. The van der Waals surface area contributed by atoms with E-state index in [2.05, 4.69) is 35.8 Å². The number of amides is 1. The Hall–Kier alpha value is -4.44. The quantitative estimate of drug-likeness (QED) is 0.269. The molecule has 0 fully saturated rings. The maximum absolute atomic E-state index is 15.9. The van der Waals surface area contributed by atoms with Crippen molar-refractivity contribution in [3.8, 4) is 33.9 Å². The number of aromatic amines is 2. The summed E-state index contributed by atoms with van der Waals surface area (Å²) in [6.07, 6.45) is 4.56. The number of nitrogens with zero attached hydrogens (tertiary/aromatic N) is 4. The van der Waals surface area contributed by atoms with Gasteiger partial charge in [-0.1, -0.05) is 26.0 Å². The smallest absolute Gasteiger partial charge is 0.226 e. The molecule has 3 N–H and O–H groups in total. The van der Waals surface area contributed by atoms with E-state index in [4.69, 9.17) is 4.98 Å². The van der Waals surface area contributed by atoms with Crippen molar-refractivity contribution in [3.05, 3.63) is 65.5 Å². The van der Waals surface area contributed by atoms with Gasteiger partial charge < -0.3 is 10.3 Å². The zero-order valence-corrected chi connectivity index (χ0v) is 20.2. The van der Waals surface area contributed by atoms with Crippen molar-refractivity contribution < 1.29 is 9.18 Å². The molecule has 0 unspecified atom stereocenters. The molecule has 5 aromatic heterocycles. The summed E-state index contributed by atoms with van der Waals surface area (Å²) in [7, 11) is 0. The van der Waals surface area contributed by atoms with Gasteiger partial charge >= 0.3 is 0 Å². The highest BCUT2D eigenvalue weighted by Gasteiger charge is 2.21. The fourth-order valence-electron chi connectivity index (χ4n) is 4.07. The van der Waals surface area contributed by atoms with E-state index in [1.54, 1.807) is 31.3 Å². The first-order valence-corrected chi connectivity index (χ1v) is 12.2. The number of carbonyl (C=O) groups is 1. The van der Waals surface area contributed by atoms with Crippen LogP contribution in [0.2, 0.25) is 0 Å². The highest BCUT2D eigenvalue weighted by Crippen LogP contribution is 2.35. The van der Waals surface area contributed by atoms with Crippen LogP contribution in [0.4, 0.5) is 10.1 Å². The Morgan fingerprint density at radius 3 is 2.78 bits per heavy atom. The van der Waals surface area contributed by atoms with E-state index in [0.717, 1.165) is 22.2 Å². The van der Waals surface area contributed by atoms with Crippen LogP contribution in [0.3, 0.4) is 0 Å². The van der Waals surface area contributed by atoms with Crippen LogP contribution < -0.4 is 5.32 Å². The number of anilines is 1. The molecule has 0 bridgehead atoms. The number of H-pyrrole nitrogens is 2. The first kappa shape index (κ1) is 22.1. The Morgan fingerprint density at radius 2 is 1.97 bits per heavy atom. The number of aromatic nitrogens is 6. The molecule has 1 aromatic carbocycles. The molecule has 0 aliphatic rings. The summed E-state index contributed by atoms with van der Waals surface area (Å²) < 4.78 is 15.9. The molecule has 0 saturated carbocycles. The molecule has 0 saturated heterocycles. The van der Waals surface area contributed by atoms with Crippen LogP contribution in [0.1, 0.15) is 13.8 Å². The van der Waals surface area contributed by atoms with Gasteiger partial charge in [0.25, 0.3) is 0 Å². The van der Waals surface area contributed by atoms with Crippen molar-refractivity contribution in [1.29, 1.82) is 0 Å². The van der Waals surface area contributed by atoms with Gasteiger partial charge in [-0.2, -0.15) is 16.4 Å². The van der Waals surface area contributed by atoms with E-state index >= 15 is 4.39 Å². The Balaban J connectivity index is 1.46. The second-order valence-corrected chi connectivity index (χ2v) is 9.47. The minimum Gasteiger partial charge on any atom is -0.337 e. The highest BCUT2D eigenvalue weighted by atomic mass is 32.1. The SMILES string of the molecule is CC(C)C(=O)Nc1cncc(-c2ncc3[nH]nc(-c4nc5c(-c6ccsc6)cccc5[nH]4)c3c2F)c1. The minimum atomic E-state index is -0.552. The maximum Gasteiger partial charge on any atom is 0.226 e. The summed E-state index contributed by atoms with van der Waals surface area (Å²) in [6.45, 7) is 3.59. The van der Waals surface area contributed by atoms with E-state index in [0.29, 0.717) is 28.3 Å². The normalized spacial score (nSPS) is 11.6. The molecule has 6 rings (SSSR count). The topological polar surface area (TPSA) is 112 Å². The fraction of sp³-hybridized carbons (Fsp3) is 0.115. The van der Waals surface area contributed by atoms with Gasteiger partial charge in [0.15, 0.2) is 11.6 Å². The lowest BCUT2D eigenvalue weighted by Gasteiger charge is -2.09. The van der Waals surface area contributed by atoms with Crippen LogP contribution in [-0.4, -0.2) is 36.0 Å². The largest absolute Gasteiger partial charge is 0.337 e. The Morgan fingerprint density at radius 1 is 1.08 bits per heavy atom. The van der Waals surface area contributed by atoms with Crippen molar-refractivity contribution in [2.45, 2.75) is 13.8 Å². The van der Waals surface area contributed by atoms with Crippen LogP contribution in [0.15, 0.2) is 59.7 Å². The zero-order chi connectivity index (χ0) is 24.8. The first-order valence-electron chi connectivity index (χ1n) is 11.3. The number of benzene rings is 1. The lowest BCUT2D eigenvalue weighted by atomic mass is 10.1. The third-order valence-corrected chi connectivity index (χ3v) is 6.60. The molecule has 0 aliphatic carbocycles. The van der Waals surface area contributed by atoms with E-state index in [-0.39, 0.29) is 22.9 Å². The number of carbonyl (C=O) groups excluding carboxylic acids is 1. The molecule has 0 atom stereocenters. The molecule has 178 valence electrons. The molecule has 36 heavy (non-hydrogen) atoms. The summed E-state index contributed by atoms with van der Waals surface area (Å²) >= 11 is 1.62. The van der Waals surface area contributed by atoms with E-state index in [9.17, 15) is 4.79 Å². The first-order chi connectivity index (χ1) is 17.5. The molecule has 0 spiro atoms. The molecular weight excluding hydrogens is 477 g/mol. The standard InChI is InChI=1S/C26H20FN7OS/c1-13(2)26(35)30-16-8-15(9-28-10-16)22-21(27)20-19(11-29-22)33-34-24(20)25-31-18-5-3-4-17(23(18)32-25)14-6-7-36-12-14/h3-13H,1-2H3,(H,30,35)(H,31,32)(H,33,34). The van der Waals surface area contributed by atoms with Crippen molar-refractivity contribution in [2.24, 2.45) is 5.92 Å². The van der Waals surface area contributed by atoms with Gasteiger partial charge in [0.05, 0.1) is 40.0 Å². The van der Waals surface area contributed by atoms with E-state index < -0.39 is 5.82 Å². The molecule has 5 heterocycles. The summed E-state index contributed by atoms with van der Waals surface area (Å²) in [5, 5.41) is 14.4. The number of fused-ring (bicyclic) bond motifs is 2. The molecular formula is C26H20FN7OS. The second-order valence-electron chi connectivity index (χ2n) is 8.69. The predicted molar refractivity (Wildman–Crippen MR) is 139 cm³/mol. The van der Waals surface area contributed by atoms with Gasteiger partial charge in [-0.05, 0) is 34.5 Å². The van der Waals surface area contributed by atoms with Crippen LogP contribution >= 0.6 is 11.3 Å². The van der Waals surface area contributed by atoms with Crippen LogP contribution in [0, 0.1) is 11.7 Å². The molecule has 6 aromatic rings. The number of pyridine rings is 2. The summed E-state index contributed by atoms with van der Waals surface area (Å²) in [5.41, 5.74) is 5.50. The number of nitrogens with one attached hydrogen (secondary N) is 3. The number of hydrogen-bond acceptors (Lipinski definition) is 6. The van der Waals surface area contributed by atoms with Crippen molar-refractivity contribution in [1.82, 2.24) is 30.1 Å². The van der Waals surface area contributed by atoms with Crippen molar-refractivity contribution in [3.63, 3.8) is 0 Å². The van der Waals surface area contributed by atoms with Crippen LogP contribution in [0.5, 0.6) is 0 Å². The number of imidazole rings is 1. The molecule has 0 radical (unpaired) electrons. The van der Waals surface area contributed by atoms with Gasteiger partial charge in [-0.15, -0.1) is 0 Å². The number of rotatable bonds is 5. The highest BCUT2D eigenvalue weighted by molar-refractivity contribution is 7.08. The van der Waals surface area contributed by atoms with Gasteiger partial charge in [0, 0.05) is 23.2 Å². The third-order valence-electron chi connectivity index (χ3n) is 5.92. The van der Waals surface area contributed by atoms with Gasteiger partial charge in [0.1, 0.15) is 11.4 Å². The second kappa shape index (κ2) is 8.65. The molecule has 1 amide bonds. The summed E-state index contributed by atoms with van der Waals surface area (Å²) in [4.78, 5) is 28.6. The van der Waals surface area contributed by atoms with Crippen molar-refractivity contribution >= 4 is 44.9 Å². The minimum absolute atomic E-state index is 0.105. The van der Waals surface area contributed by atoms with Crippen LogP contribution in [-0.2, 0) is 4.79 Å². The predicted octanol–water partition coefficient (Wildman–Crippen LogP) is 6.03. The lowest BCUT2D eigenvalue weighted by Crippen LogP contribution is -2.17. The average Bonchev–Trinajstić information content (AvgIpc) is 3.63. The molecule has 0 aliphatic heterocycles. The maximum atomic E-state index is 15.9. The fourth-order valence-corrected chi connectivity index (χ4v) is 4.72. The molecule has 10 heteroatoms. The zero-order valence-electron chi connectivity index (χ0n) is 19.3. The Kier molecular flexibility index (Phi) is 5.30. The van der Waals surface area contributed by atoms with Crippen LogP contribution in [0.25, 0.3) is 55.8 Å². The Labute approximate surface area is 208 Å². The van der Waals surface area contributed by atoms with Crippen molar-refractivity contribution in [2.75, 3.05) is 5.32 Å². The van der Waals surface area contributed by atoms with Gasteiger partial charge in [-0.25, -0.2) is 9.37 Å². The van der Waals surface area contributed by atoms with Gasteiger partial charge in [-0.3, -0.25) is 19.9 Å². The van der Waals surface area contributed by atoms with Gasteiger partial charge in [0.2, 0.25) is 5.91 Å². The van der Waals surface area contributed by atoms with E-state index in [1.165, 1.54) is 18.6 Å². The number of para-hydroxylation sites is 1. The Bertz CT molecular complexity index is 1740. The lowest BCUT2D eigenvalue weighted by molar-refractivity contribution is -0.118. The molecule has 8 nitrogen and oxygen atoms in total. The van der Waals surface area contributed by atoms with E-state index in [1.807, 2.05) is 29.6 Å². The summed E-state index contributed by atoms with van der Waals surface area (Å²) in [6, 6.07) is 9.60. The third kappa shape index (κ3) is 3.72. The number of thiophene rings is 1. The summed E-state index contributed by atoms with van der Waals surface area (Å²) in [5.74, 6) is -0.450. The average molecular weight is 498 g/mol.